The van der Waals surface area contributed by atoms with Crippen LogP contribution in [0.25, 0.3) is 0 Å². The molecular weight excluding hydrogens is 302 g/mol. The number of likely N-dealkylation sites (N-methyl/N-ethyl adjacent to an activating group) is 1. The maximum absolute atomic E-state index is 12.4. The first-order chi connectivity index (χ1) is 11.7. The number of aromatic nitrogens is 2. The van der Waals surface area contributed by atoms with Crippen LogP contribution in [0.4, 0.5) is 11.4 Å². The van der Waals surface area contributed by atoms with Gasteiger partial charge >= 0.3 is 0 Å². The Hall–Kier alpha value is -2.47. The number of rotatable bonds is 4. The highest BCUT2D eigenvalue weighted by molar-refractivity contribution is 6.04. The maximum Gasteiger partial charge on any atom is 0.275 e. The molecule has 126 valence electrons. The third-order valence-electron chi connectivity index (χ3n) is 4.33. The Balaban J connectivity index is 1.74. The Bertz CT molecular complexity index is 693. The summed E-state index contributed by atoms with van der Waals surface area (Å²) in [6, 6.07) is 7.92. The summed E-state index contributed by atoms with van der Waals surface area (Å²) in [5.74, 6) is -0.234. The number of carbonyl (C=O) groups excluding carboxylic acids is 1. The molecule has 0 radical (unpaired) electrons. The lowest BCUT2D eigenvalue weighted by molar-refractivity contribution is 0.102. The Morgan fingerprint density at radius 1 is 1.12 bits per heavy atom. The van der Waals surface area contributed by atoms with Gasteiger partial charge in [-0.05, 0) is 25.6 Å². The van der Waals surface area contributed by atoms with Crippen LogP contribution in [0.2, 0.25) is 0 Å². The zero-order valence-corrected chi connectivity index (χ0v) is 14.2. The largest absolute Gasteiger partial charge is 0.367 e. The van der Waals surface area contributed by atoms with E-state index < -0.39 is 0 Å². The van der Waals surface area contributed by atoms with Gasteiger partial charge in [0.05, 0.1) is 23.3 Å². The second-order valence-electron chi connectivity index (χ2n) is 5.94. The molecule has 1 aromatic carbocycles. The lowest BCUT2D eigenvalue weighted by Crippen LogP contribution is -2.46. The van der Waals surface area contributed by atoms with Gasteiger partial charge in [0.2, 0.25) is 0 Å². The fraction of sp³-hybridized carbons (Fsp3) is 0.389. The van der Waals surface area contributed by atoms with Crippen LogP contribution in [0, 0.1) is 6.92 Å². The van der Waals surface area contributed by atoms with Crippen molar-refractivity contribution in [2.24, 2.45) is 0 Å². The van der Waals surface area contributed by atoms with E-state index in [1.807, 2.05) is 25.1 Å². The predicted molar refractivity (Wildman–Crippen MR) is 95.5 cm³/mol. The van der Waals surface area contributed by atoms with Gasteiger partial charge in [-0.15, -0.1) is 0 Å². The first-order valence-corrected chi connectivity index (χ1v) is 8.33. The van der Waals surface area contributed by atoms with E-state index in [1.54, 1.807) is 6.20 Å². The molecular formula is C18H23N5O. The highest BCUT2D eigenvalue weighted by atomic mass is 16.1. The summed E-state index contributed by atoms with van der Waals surface area (Å²) in [5, 5.41) is 2.97. The average molecular weight is 325 g/mol. The molecule has 0 spiro atoms. The van der Waals surface area contributed by atoms with Gasteiger partial charge in [-0.25, -0.2) is 4.98 Å². The van der Waals surface area contributed by atoms with E-state index in [9.17, 15) is 4.79 Å². The number of hydrogen-bond donors (Lipinski definition) is 1. The fourth-order valence-electron chi connectivity index (χ4n) is 2.86. The first-order valence-electron chi connectivity index (χ1n) is 8.33. The van der Waals surface area contributed by atoms with Gasteiger partial charge < -0.3 is 15.1 Å². The van der Waals surface area contributed by atoms with Crippen molar-refractivity contribution < 1.29 is 4.79 Å². The second kappa shape index (κ2) is 7.40. The van der Waals surface area contributed by atoms with Crippen molar-refractivity contribution in [3.63, 3.8) is 0 Å². The van der Waals surface area contributed by atoms with Gasteiger partial charge in [0, 0.05) is 32.4 Å². The van der Waals surface area contributed by atoms with Crippen LogP contribution in [-0.2, 0) is 0 Å². The molecule has 1 amide bonds. The highest BCUT2D eigenvalue weighted by Gasteiger charge is 2.19. The molecule has 2 heterocycles. The molecule has 0 saturated carbocycles. The van der Waals surface area contributed by atoms with Crippen LogP contribution in [0.5, 0.6) is 0 Å². The molecule has 6 heteroatoms. The number of nitrogens with zero attached hydrogens (tertiary/aromatic N) is 4. The van der Waals surface area contributed by atoms with E-state index in [2.05, 4.69) is 38.1 Å². The molecule has 1 fully saturated rings. The SMILES string of the molecule is CCN1CCN(c2ccccc2NC(=O)c2cnc(C)cn2)CC1. The molecule has 1 saturated heterocycles. The summed E-state index contributed by atoms with van der Waals surface area (Å²) in [7, 11) is 0. The zero-order valence-electron chi connectivity index (χ0n) is 14.2. The van der Waals surface area contributed by atoms with Crippen molar-refractivity contribution in [1.29, 1.82) is 0 Å². The van der Waals surface area contributed by atoms with Crippen LogP contribution in [0.1, 0.15) is 23.1 Å². The highest BCUT2D eigenvalue weighted by Crippen LogP contribution is 2.27. The summed E-state index contributed by atoms with van der Waals surface area (Å²) in [6.07, 6.45) is 3.11. The van der Waals surface area contributed by atoms with E-state index in [0.717, 1.165) is 49.8 Å². The Labute approximate surface area is 142 Å². The molecule has 3 rings (SSSR count). The van der Waals surface area contributed by atoms with Crippen LogP contribution in [0.15, 0.2) is 36.7 Å². The van der Waals surface area contributed by atoms with Crippen LogP contribution in [0.3, 0.4) is 0 Å². The van der Waals surface area contributed by atoms with Gasteiger partial charge in [-0.1, -0.05) is 19.1 Å². The minimum absolute atomic E-state index is 0.234. The fourth-order valence-corrected chi connectivity index (χ4v) is 2.86. The van der Waals surface area contributed by atoms with Gasteiger partial charge in [-0.2, -0.15) is 0 Å². The molecule has 1 aromatic heterocycles. The number of hydrogen-bond acceptors (Lipinski definition) is 5. The number of piperazine rings is 1. The summed E-state index contributed by atoms with van der Waals surface area (Å²) in [4.78, 5) is 25.4. The minimum atomic E-state index is -0.234. The number of nitrogens with one attached hydrogen (secondary N) is 1. The van der Waals surface area contributed by atoms with Crippen LogP contribution in [-0.4, -0.2) is 53.5 Å². The number of aryl methyl sites for hydroxylation is 1. The summed E-state index contributed by atoms with van der Waals surface area (Å²) < 4.78 is 0. The Morgan fingerprint density at radius 2 is 1.88 bits per heavy atom. The molecule has 24 heavy (non-hydrogen) atoms. The molecule has 1 N–H and O–H groups in total. The number of benzene rings is 1. The van der Waals surface area contributed by atoms with Gasteiger partial charge in [0.25, 0.3) is 5.91 Å². The molecule has 6 nitrogen and oxygen atoms in total. The molecule has 0 aliphatic carbocycles. The summed E-state index contributed by atoms with van der Waals surface area (Å²) >= 11 is 0. The van der Waals surface area contributed by atoms with E-state index in [0.29, 0.717) is 5.69 Å². The number of anilines is 2. The third kappa shape index (κ3) is 3.71. The van der Waals surface area contributed by atoms with Gasteiger partial charge in [0.1, 0.15) is 5.69 Å². The van der Waals surface area contributed by atoms with Crippen LogP contribution >= 0.6 is 0 Å². The van der Waals surface area contributed by atoms with E-state index in [1.165, 1.54) is 6.20 Å². The average Bonchev–Trinajstić information content (AvgIpc) is 2.63. The molecule has 1 aliphatic heterocycles. The third-order valence-corrected chi connectivity index (χ3v) is 4.33. The quantitative estimate of drug-likeness (QED) is 0.933. The molecule has 2 aromatic rings. The predicted octanol–water partition coefficient (Wildman–Crippen LogP) is 2.18. The van der Waals surface area contributed by atoms with Crippen molar-refractivity contribution in [2.45, 2.75) is 13.8 Å². The number of carbonyl (C=O) groups is 1. The smallest absolute Gasteiger partial charge is 0.275 e. The second-order valence-corrected chi connectivity index (χ2v) is 5.94. The lowest BCUT2D eigenvalue weighted by Gasteiger charge is -2.36. The topological polar surface area (TPSA) is 61.4 Å². The number of para-hydroxylation sites is 2. The van der Waals surface area contributed by atoms with Crippen molar-refractivity contribution in [3.05, 3.63) is 48.0 Å². The normalized spacial score (nSPS) is 15.3. The molecule has 1 aliphatic rings. The number of amides is 1. The monoisotopic (exact) mass is 325 g/mol. The summed E-state index contributed by atoms with van der Waals surface area (Å²) in [6.45, 7) is 9.13. The van der Waals surface area contributed by atoms with Crippen molar-refractivity contribution in [3.8, 4) is 0 Å². The Kier molecular flexibility index (Phi) is 5.05. The molecule has 0 bridgehead atoms. The Morgan fingerprint density at radius 3 is 2.54 bits per heavy atom. The van der Waals surface area contributed by atoms with E-state index in [4.69, 9.17) is 0 Å². The first kappa shape index (κ1) is 16.4. The maximum atomic E-state index is 12.4. The minimum Gasteiger partial charge on any atom is -0.367 e. The van der Waals surface area contributed by atoms with Gasteiger partial charge in [-0.3, -0.25) is 9.78 Å². The standard InChI is InChI=1S/C18H23N5O/c1-3-22-8-10-23(11-9-22)17-7-5-4-6-15(17)21-18(24)16-13-19-14(2)12-20-16/h4-7,12-13H,3,8-11H2,1-2H3,(H,21,24). The molecule has 0 atom stereocenters. The summed E-state index contributed by atoms with van der Waals surface area (Å²) in [5.41, 5.74) is 2.99. The van der Waals surface area contributed by atoms with Crippen LogP contribution < -0.4 is 10.2 Å². The zero-order chi connectivity index (χ0) is 16.9. The van der Waals surface area contributed by atoms with Crippen molar-refractivity contribution in [2.75, 3.05) is 42.9 Å². The van der Waals surface area contributed by atoms with Crippen molar-refractivity contribution >= 4 is 17.3 Å². The van der Waals surface area contributed by atoms with E-state index >= 15 is 0 Å². The van der Waals surface area contributed by atoms with Crippen molar-refractivity contribution in [1.82, 2.24) is 14.9 Å². The van der Waals surface area contributed by atoms with Gasteiger partial charge in [0.15, 0.2) is 0 Å². The van der Waals surface area contributed by atoms with E-state index in [-0.39, 0.29) is 5.91 Å². The lowest BCUT2D eigenvalue weighted by atomic mass is 10.2. The molecule has 0 unspecified atom stereocenters.